The molecule has 96 valence electrons. The zero-order valence-corrected chi connectivity index (χ0v) is 9.93. The van der Waals surface area contributed by atoms with E-state index in [0.29, 0.717) is 24.6 Å². The Kier molecular flexibility index (Phi) is 3.40. The number of carbonyl (C=O) groups is 2. The van der Waals surface area contributed by atoms with E-state index in [-0.39, 0.29) is 17.5 Å². The molecule has 1 unspecified atom stereocenters. The molecule has 1 aliphatic heterocycles. The molecule has 1 amide bonds. The van der Waals surface area contributed by atoms with E-state index in [1.54, 1.807) is 6.92 Å². The lowest BCUT2D eigenvalue weighted by Gasteiger charge is -2.11. The maximum Gasteiger partial charge on any atom is 0.339 e. The third-order valence-corrected chi connectivity index (χ3v) is 2.80. The van der Waals surface area contributed by atoms with Crippen LogP contribution >= 0.6 is 0 Å². The Morgan fingerprint density at radius 2 is 2.44 bits per heavy atom. The second kappa shape index (κ2) is 4.99. The van der Waals surface area contributed by atoms with Crippen LogP contribution in [0.1, 0.15) is 28.9 Å². The van der Waals surface area contributed by atoms with Gasteiger partial charge >= 0.3 is 5.97 Å². The van der Waals surface area contributed by atoms with Crippen LogP contribution < -0.4 is 10.6 Å². The van der Waals surface area contributed by atoms with Gasteiger partial charge in [-0.2, -0.15) is 0 Å². The first-order chi connectivity index (χ1) is 8.56. The first kappa shape index (κ1) is 12.3. The molecule has 0 aromatic carbocycles. The quantitative estimate of drug-likeness (QED) is 0.703. The van der Waals surface area contributed by atoms with Crippen molar-refractivity contribution in [2.45, 2.75) is 25.8 Å². The first-order valence-electron chi connectivity index (χ1n) is 5.66. The molecule has 0 radical (unpaired) electrons. The first-order valence-corrected chi connectivity index (χ1v) is 5.66. The maximum atomic E-state index is 11.0. The van der Waals surface area contributed by atoms with E-state index in [9.17, 15) is 9.59 Å². The third kappa shape index (κ3) is 2.73. The number of carboxylic acids is 1. The molecule has 2 rings (SSSR count). The monoisotopic (exact) mass is 250 g/mol. The molecule has 0 aliphatic carbocycles. The highest BCUT2D eigenvalue weighted by molar-refractivity contribution is 5.88. The lowest BCUT2D eigenvalue weighted by molar-refractivity contribution is -0.119. The minimum Gasteiger partial charge on any atom is -0.478 e. The highest BCUT2D eigenvalue weighted by Gasteiger charge is 2.20. The van der Waals surface area contributed by atoms with Gasteiger partial charge in [0.25, 0.3) is 0 Å². The highest BCUT2D eigenvalue weighted by Crippen LogP contribution is 2.09. The molecule has 1 atom stereocenters. The van der Waals surface area contributed by atoms with Gasteiger partial charge in [0.1, 0.15) is 0 Å². The Balaban J connectivity index is 1.96. The van der Waals surface area contributed by atoms with Crippen molar-refractivity contribution >= 4 is 17.8 Å². The summed E-state index contributed by atoms with van der Waals surface area (Å²) in [6, 6.07) is 0.0838. The van der Waals surface area contributed by atoms with E-state index in [0.717, 1.165) is 6.42 Å². The second-order valence-electron chi connectivity index (χ2n) is 4.18. The topological polar surface area (TPSA) is 104 Å². The summed E-state index contributed by atoms with van der Waals surface area (Å²) in [5.41, 5.74) is 0.505. The normalized spacial score (nSPS) is 18.5. The van der Waals surface area contributed by atoms with Crippen LogP contribution in [-0.2, 0) is 4.79 Å². The minimum absolute atomic E-state index is 0.0557. The van der Waals surface area contributed by atoms with Gasteiger partial charge in [-0.3, -0.25) is 4.79 Å². The van der Waals surface area contributed by atoms with E-state index < -0.39 is 5.97 Å². The zero-order valence-electron chi connectivity index (χ0n) is 9.93. The molecule has 0 spiro atoms. The summed E-state index contributed by atoms with van der Waals surface area (Å²) in [5.74, 6) is -0.610. The average Bonchev–Trinajstić information content (AvgIpc) is 2.72. The predicted molar refractivity (Wildman–Crippen MR) is 63.4 cm³/mol. The number of aromatic carboxylic acids is 1. The molecule has 7 nitrogen and oxygen atoms in total. The minimum atomic E-state index is -1.04. The number of rotatable bonds is 4. The lowest BCUT2D eigenvalue weighted by Crippen LogP contribution is -2.32. The van der Waals surface area contributed by atoms with E-state index in [4.69, 9.17) is 5.11 Å². The van der Waals surface area contributed by atoms with E-state index >= 15 is 0 Å². The summed E-state index contributed by atoms with van der Waals surface area (Å²) < 4.78 is 0. The van der Waals surface area contributed by atoms with Gasteiger partial charge in [-0.1, -0.05) is 0 Å². The van der Waals surface area contributed by atoms with Crippen molar-refractivity contribution in [1.29, 1.82) is 0 Å². The number of aromatic nitrogens is 2. The predicted octanol–water partition coefficient (Wildman–Crippen LogP) is 0.174. The molecule has 0 saturated carbocycles. The number of carboxylic acid groups (broad SMARTS) is 1. The molecular formula is C11H14N4O3. The number of nitrogens with zero attached hydrogens (tertiary/aromatic N) is 2. The van der Waals surface area contributed by atoms with Crippen molar-refractivity contribution in [3.8, 4) is 0 Å². The molecule has 2 heterocycles. The van der Waals surface area contributed by atoms with Gasteiger partial charge in [0.2, 0.25) is 11.9 Å². The number of aryl methyl sites for hydroxylation is 1. The number of nitrogens with one attached hydrogen (secondary N) is 2. The van der Waals surface area contributed by atoms with Gasteiger partial charge in [0.05, 0.1) is 11.3 Å². The van der Waals surface area contributed by atoms with Crippen LogP contribution in [0.5, 0.6) is 0 Å². The Morgan fingerprint density at radius 1 is 1.67 bits per heavy atom. The van der Waals surface area contributed by atoms with Crippen LogP contribution in [0.2, 0.25) is 0 Å². The Bertz CT molecular complexity index is 489. The van der Waals surface area contributed by atoms with Crippen LogP contribution in [0, 0.1) is 6.92 Å². The summed E-state index contributed by atoms with van der Waals surface area (Å²) in [4.78, 5) is 29.8. The molecule has 1 aromatic heterocycles. The average molecular weight is 250 g/mol. The van der Waals surface area contributed by atoms with Gasteiger partial charge in [0.15, 0.2) is 0 Å². The van der Waals surface area contributed by atoms with Crippen LogP contribution in [-0.4, -0.2) is 39.5 Å². The van der Waals surface area contributed by atoms with Crippen molar-refractivity contribution in [2.75, 3.05) is 11.9 Å². The summed E-state index contributed by atoms with van der Waals surface area (Å²) >= 11 is 0. The second-order valence-corrected chi connectivity index (χ2v) is 4.18. The molecule has 0 bridgehead atoms. The fourth-order valence-corrected chi connectivity index (χ4v) is 1.81. The standard InChI is InChI=1S/C11H14N4O3/c1-6-8(10(17)18)5-13-11(14-6)12-4-7-2-3-9(16)15-7/h5,7H,2-4H2,1H3,(H,15,16)(H,17,18)(H,12,13,14). The van der Waals surface area contributed by atoms with Gasteiger partial charge in [-0.05, 0) is 13.3 Å². The van der Waals surface area contributed by atoms with Gasteiger partial charge in [0, 0.05) is 25.2 Å². The number of hydrogen-bond acceptors (Lipinski definition) is 5. The van der Waals surface area contributed by atoms with Crippen molar-refractivity contribution in [2.24, 2.45) is 0 Å². The Hall–Kier alpha value is -2.18. The number of anilines is 1. The fraction of sp³-hybridized carbons (Fsp3) is 0.455. The molecule has 7 heteroatoms. The van der Waals surface area contributed by atoms with Crippen LogP contribution in [0.4, 0.5) is 5.95 Å². The van der Waals surface area contributed by atoms with Crippen molar-refractivity contribution in [1.82, 2.24) is 15.3 Å². The van der Waals surface area contributed by atoms with E-state index in [2.05, 4.69) is 20.6 Å². The van der Waals surface area contributed by atoms with Gasteiger partial charge in [-0.15, -0.1) is 0 Å². The number of hydrogen-bond donors (Lipinski definition) is 3. The van der Waals surface area contributed by atoms with Crippen molar-refractivity contribution in [3.63, 3.8) is 0 Å². The molecule has 1 aliphatic rings. The van der Waals surface area contributed by atoms with Crippen LogP contribution in [0.3, 0.4) is 0 Å². The molecule has 1 fully saturated rings. The van der Waals surface area contributed by atoms with Crippen LogP contribution in [0.15, 0.2) is 6.20 Å². The van der Waals surface area contributed by atoms with Crippen LogP contribution in [0.25, 0.3) is 0 Å². The summed E-state index contributed by atoms with van der Waals surface area (Å²) in [6.45, 7) is 2.16. The highest BCUT2D eigenvalue weighted by atomic mass is 16.4. The summed E-state index contributed by atoms with van der Waals surface area (Å²) in [6.07, 6.45) is 2.61. The smallest absolute Gasteiger partial charge is 0.339 e. The molecule has 1 saturated heterocycles. The van der Waals surface area contributed by atoms with Crippen molar-refractivity contribution in [3.05, 3.63) is 17.5 Å². The molecule has 3 N–H and O–H groups in total. The zero-order chi connectivity index (χ0) is 13.1. The Morgan fingerprint density at radius 3 is 3.00 bits per heavy atom. The maximum absolute atomic E-state index is 11.0. The number of carbonyl (C=O) groups excluding carboxylic acids is 1. The summed E-state index contributed by atoms with van der Waals surface area (Å²) in [5, 5.41) is 14.6. The molecule has 18 heavy (non-hydrogen) atoms. The molecular weight excluding hydrogens is 236 g/mol. The Labute approximate surface area is 104 Å². The van der Waals surface area contributed by atoms with Gasteiger partial charge < -0.3 is 15.7 Å². The van der Waals surface area contributed by atoms with E-state index in [1.807, 2.05) is 0 Å². The largest absolute Gasteiger partial charge is 0.478 e. The molecule has 1 aromatic rings. The SMILES string of the molecule is Cc1nc(NCC2CCC(=O)N2)ncc1C(=O)O. The lowest BCUT2D eigenvalue weighted by atomic mass is 10.2. The van der Waals surface area contributed by atoms with Crippen molar-refractivity contribution < 1.29 is 14.7 Å². The fourth-order valence-electron chi connectivity index (χ4n) is 1.81. The van der Waals surface area contributed by atoms with E-state index in [1.165, 1.54) is 6.20 Å². The summed E-state index contributed by atoms with van der Waals surface area (Å²) in [7, 11) is 0. The number of amides is 1. The third-order valence-electron chi connectivity index (χ3n) is 2.80. The van der Waals surface area contributed by atoms with Gasteiger partial charge in [-0.25, -0.2) is 14.8 Å².